The van der Waals surface area contributed by atoms with Crippen LogP contribution < -0.4 is 5.11 Å². The van der Waals surface area contributed by atoms with E-state index >= 15 is 0 Å². The number of aromatic nitrogens is 2. The topological polar surface area (TPSA) is 82.7 Å². The van der Waals surface area contributed by atoms with Crippen LogP contribution in [-0.2, 0) is 0 Å². The number of carbonyl (C=O) groups is 1. The van der Waals surface area contributed by atoms with Crippen molar-refractivity contribution >= 4 is 17.3 Å². The van der Waals surface area contributed by atoms with Gasteiger partial charge in [0.15, 0.2) is 0 Å². The molecule has 1 heterocycles. The molecular formula is C18H15N4O2-. The number of carboxylic acids is 1. The third-order valence-electron chi connectivity index (χ3n) is 3.62. The molecular weight excluding hydrogens is 304 g/mol. The number of hydrogen-bond donors (Lipinski definition) is 0. The molecule has 1 aromatic heterocycles. The summed E-state index contributed by atoms with van der Waals surface area (Å²) in [5, 5.41) is 23.7. The summed E-state index contributed by atoms with van der Waals surface area (Å²) in [6.07, 6.45) is 0. The minimum atomic E-state index is -1.21. The lowest BCUT2D eigenvalue weighted by Gasteiger charge is -2.03. The summed E-state index contributed by atoms with van der Waals surface area (Å²) in [5.74, 6) is -1.21. The Hall–Kier alpha value is -3.28. The maximum atomic E-state index is 10.7. The highest BCUT2D eigenvalue weighted by Gasteiger charge is 2.12. The highest BCUT2D eigenvalue weighted by molar-refractivity contribution is 5.86. The van der Waals surface area contributed by atoms with Crippen LogP contribution in [0.5, 0.6) is 0 Å². The Labute approximate surface area is 139 Å². The van der Waals surface area contributed by atoms with Gasteiger partial charge < -0.3 is 9.90 Å². The van der Waals surface area contributed by atoms with Gasteiger partial charge in [-0.1, -0.05) is 30.3 Å². The van der Waals surface area contributed by atoms with Crippen molar-refractivity contribution in [1.29, 1.82) is 0 Å². The number of carbonyl (C=O) groups excluding carboxylic acids is 1. The van der Waals surface area contributed by atoms with Crippen molar-refractivity contribution in [3.05, 3.63) is 71.5 Å². The number of para-hydroxylation sites is 1. The quantitative estimate of drug-likeness (QED) is 0.692. The Bertz CT molecular complexity index is 897. The Balaban J connectivity index is 1.90. The summed E-state index contributed by atoms with van der Waals surface area (Å²) in [5.41, 5.74) is 3.98. The zero-order chi connectivity index (χ0) is 17.1. The maximum Gasteiger partial charge on any atom is 0.130 e. The van der Waals surface area contributed by atoms with E-state index in [0.717, 1.165) is 17.1 Å². The second-order valence-corrected chi connectivity index (χ2v) is 5.30. The lowest BCUT2D eigenvalue weighted by Crippen LogP contribution is -2.21. The average Bonchev–Trinajstić information content (AvgIpc) is 2.88. The van der Waals surface area contributed by atoms with Crippen LogP contribution in [0.2, 0.25) is 0 Å². The summed E-state index contributed by atoms with van der Waals surface area (Å²) < 4.78 is 1.82. The van der Waals surface area contributed by atoms with Crippen molar-refractivity contribution in [3.8, 4) is 5.69 Å². The molecule has 0 saturated carbocycles. The lowest BCUT2D eigenvalue weighted by atomic mass is 10.2. The largest absolute Gasteiger partial charge is 0.545 e. The summed E-state index contributed by atoms with van der Waals surface area (Å²) in [6, 6.07) is 15.8. The summed E-state index contributed by atoms with van der Waals surface area (Å²) in [7, 11) is 0. The van der Waals surface area contributed by atoms with Crippen molar-refractivity contribution in [2.45, 2.75) is 13.8 Å². The molecule has 2 aromatic carbocycles. The number of rotatable bonds is 4. The van der Waals surface area contributed by atoms with Crippen LogP contribution >= 0.6 is 0 Å². The number of aryl methyl sites for hydroxylation is 1. The number of hydrogen-bond acceptors (Lipinski definition) is 5. The fourth-order valence-corrected chi connectivity index (χ4v) is 2.37. The number of azo groups is 1. The maximum absolute atomic E-state index is 10.7. The van der Waals surface area contributed by atoms with Crippen molar-refractivity contribution in [1.82, 2.24) is 9.78 Å². The summed E-state index contributed by atoms with van der Waals surface area (Å²) in [4.78, 5) is 10.7. The number of nitrogens with zero attached hydrogens (tertiary/aromatic N) is 4. The van der Waals surface area contributed by atoms with Gasteiger partial charge >= 0.3 is 0 Å². The molecule has 0 radical (unpaired) electrons. The van der Waals surface area contributed by atoms with Crippen LogP contribution in [0.25, 0.3) is 5.69 Å². The van der Waals surface area contributed by atoms with E-state index in [-0.39, 0.29) is 5.56 Å². The molecule has 0 spiro atoms. The third kappa shape index (κ3) is 3.08. The predicted molar refractivity (Wildman–Crippen MR) is 88.0 cm³/mol. The summed E-state index contributed by atoms with van der Waals surface area (Å²) in [6.45, 7) is 3.81. The Morgan fingerprint density at radius 3 is 2.29 bits per heavy atom. The van der Waals surface area contributed by atoms with Crippen LogP contribution in [0, 0.1) is 13.8 Å². The van der Waals surface area contributed by atoms with E-state index in [4.69, 9.17) is 0 Å². The first-order valence-corrected chi connectivity index (χ1v) is 7.41. The molecule has 0 aliphatic rings. The highest BCUT2D eigenvalue weighted by atomic mass is 16.4. The lowest BCUT2D eigenvalue weighted by molar-refractivity contribution is -0.255. The van der Waals surface area contributed by atoms with Gasteiger partial charge in [0.2, 0.25) is 0 Å². The number of carboxylic acid groups (broad SMARTS) is 1. The zero-order valence-corrected chi connectivity index (χ0v) is 13.3. The van der Waals surface area contributed by atoms with Gasteiger partial charge in [0, 0.05) is 0 Å². The van der Waals surface area contributed by atoms with Crippen LogP contribution in [0.15, 0.2) is 64.8 Å². The monoisotopic (exact) mass is 319 g/mol. The first-order chi connectivity index (χ1) is 11.6. The van der Waals surface area contributed by atoms with E-state index in [1.807, 2.05) is 48.9 Å². The molecule has 24 heavy (non-hydrogen) atoms. The molecule has 0 unspecified atom stereocenters. The van der Waals surface area contributed by atoms with Gasteiger partial charge in [-0.3, -0.25) is 0 Å². The van der Waals surface area contributed by atoms with Gasteiger partial charge in [-0.15, -0.1) is 5.11 Å². The molecule has 120 valence electrons. The molecule has 0 bridgehead atoms. The first-order valence-electron chi connectivity index (χ1n) is 7.41. The molecule has 0 N–H and O–H groups in total. The highest BCUT2D eigenvalue weighted by Crippen LogP contribution is 2.27. The van der Waals surface area contributed by atoms with Gasteiger partial charge in [0.1, 0.15) is 5.69 Å². The fourth-order valence-electron chi connectivity index (χ4n) is 2.37. The van der Waals surface area contributed by atoms with E-state index in [9.17, 15) is 9.90 Å². The minimum absolute atomic E-state index is 0.109. The zero-order valence-electron chi connectivity index (χ0n) is 13.3. The van der Waals surface area contributed by atoms with Gasteiger partial charge in [-0.05, 0) is 43.7 Å². The second kappa shape index (κ2) is 6.45. The number of benzene rings is 2. The standard InChI is InChI=1S/C18H16N4O2/c1-12-17(13(2)22(21-12)16-6-4-3-5-7-16)20-19-15-10-8-14(9-11-15)18(23)24/h3-11H,1-2H3,(H,23,24)/p-1. The van der Waals surface area contributed by atoms with E-state index in [2.05, 4.69) is 15.3 Å². The van der Waals surface area contributed by atoms with Crippen molar-refractivity contribution in [2.24, 2.45) is 10.2 Å². The second-order valence-electron chi connectivity index (χ2n) is 5.30. The molecule has 0 saturated heterocycles. The first kappa shape index (κ1) is 15.6. The molecule has 6 nitrogen and oxygen atoms in total. The van der Waals surface area contributed by atoms with Crippen molar-refractivity contribution in [2.75, 3.05) is 0 Å². The smallest absolute Gasteiger partial charge is 0.130 e. The Kier molecular flexibility index (Phi) is 4.20. The van der Waals surface area contributed by atoms with Crippen LogP contribution in [-0.4, -0.2) is 15.7 Å². The predicted octanol–water partition coefficient (Wildman–Crippen LogP) is 3.27. The van der Waals surface area contributed by atoms with E-state index in [1.54, 1.807) is 12.1 Å². The van der Waals surface area contributed by atoms with Crippen molar-refractivity contribution < 1.29 is 9.90 Å². The van der Waals surface area contributed by atoms with Crippen LogP contribution in [0.3, 0.4) is 0 Å². The summed E-state index contributed by atoms with van der Waals surface area (Å²) >= 11 is 0. The molecule has 6 heteroatoms. The van der Waals surface area contributed by atoms with E-state index < -0.39 is 5.97 Å². The Morgan fingerprint density at radius 2 is 1.67 bits per heavy atom. The van der Waals surface area contributed by atoms with Gasteiger partial charge in [0.05, 0.1) is 28.7 Å². The molecule has 3 rings (SSSR count). The fraction of sp³-hybridized carbons (Fsp3) is 0.111. The SMILES string of the molecule is Cc1nn(-c2ccccc2)c(C)c1N=Nc1ccc(C(=O)[O-])cc1. The third-order valence-corrected chi connectivity index (χ3v) is 3.62. The minimum Gasteiger partial charge on any atom is -0.545 e. The van der Waals surface area contributed by atoms with Gasteiger partial charge in [-0.25, -0.2) is 4.68 Å². The normalized spacial score (nSPS) is 11.1. The molecule has 0 atom stereocenters. The number of aromatic carboxylic acids is 1. The van der Waals surface area contributed by atoms with Gasteiger partial charge in [-0.2, -0.15) is 10.2 Å². The molecule has 0 aliphatic heterocycles. The van der Waals surface area contributed by atoms with Crippen molar-refractivity contribution in [3.63, 3.8) is 0 Å². The van der Waals surface area contributed by atoms with Crippen LogP contribution in [0.1, 0.15) is 21.7 Å². The molecule has 0 fully saturated rings. The van der Waals surface area contributed by atoms with E-state index in [1.165, 1.54) is 12.1 Å². The average molecular weight is 319 g/mol. The molecule has 0 amide bonds. The van der Waals surface area contributed by atoms with Crippen LogP contribution in [0.4, 0.5) is 11.4 Å². The molecule has 3 aromatic rings. The van der Waals surface area contributed by atoms with E-state index in [0.29, 0.717) is 11.4 Å². The molecule has 0 aliphatic carbocycles. The van der Waals surface area contributed by atoms with Gasteiger partial charge in [0.25, 0.3) is 0 Å². The Morgan fingerprint density at radius 1 is 1.00 bits per heavy atom.